The van der Waals surface area contributed by atoms with Gasteiger partial charge in [-0.1, -0.05) is 18.6 Å². The molecule has 0 heterocycles. The van der Waals surface area contributed by atoms with Crippen LogP contribution in [0.25, 0.3) is 0 Å². The number of rotatable bonds is 2. The number of hydrogen-bond donors (Lipinski definition) is 3. The van der Waals surface area contributed by atoms with Gasteiger partial charge >= 0.3 is 5.97 Å². The number of hydrogen-bond acceptors (Lipinski definition) is 3. The first kappa shape index (κ1) is 14.3. The fraction of sp³-hybridized carbons (Fsp3) is 0.667. The Morgan fingerprint density at radius 3 is 2.79 bits per heavy atom. The van der Waals surface area contributed by atoms with Crippen LogP contribution in [0.15, 0.2) is 22.8 Å². The summed E-state index contributed by atoms with van der Waals surface area (Å²) in [5.41, 5.74) is 1.96. The molecule has 0 aliphatic heterocycles. The smallest absolute Gasteiger partial charge is 0.331 e. The maximum Gasteiger partial charge on any atom is 0.331 e. The van der Waals surface area contributed by atoms with Crippen LogP contribution < -0.4 is 0 Å². The second-order valence-electron chi connectivity index (χ2n) is 5.99. The molecule has 3 unspecified atom stereocenters. The van der Waals surface area contributed by atoms with Gasteiger partial charge in [-0.25, -0.2) is 4.79 Å². The molecule has 1 saturated carbocycles. The molecule has 0 amide bonds. The first-order valence-corrected chi connectivity index (χ1v) is 6.80. The molecule has 4 nitrogen and oxygen atoms in total. The van der Waals surface area contributed by atoms with Gasteiger partial charge in [-0.15, -0.1) is 0 Å². The molecule has 2 rings (SSSR count). The maximum atomic E-state index is 11.2. The van der Waals surface area contributed by atoms with Crippen LogP contribution in [-0.4, -0.2) is 34.0 Å². The highest BCUT2D eigenvalue weighted by Crippen LogP contribution is 2.53. The van der Waals surface area contributed by atoms with Crippen LogP contribution in [0.3, 0.4) is 0 Å². The third kappa shape index (κ3) is 2.35. The Hall–Kier alpha value is -1.13. The van der Waals surface area contributed by atoms with E-state index in [2.05, 4.69) is 0 Å². The predicted molar refractivity (Wildman–Crippen MR) is 71.6 cm³/mol. The van der Waals surface area contributed by atoms with Crippen molar-refractivity contribution >= 4 is 5.97 Å². The minimum atomic E-state index is -0.871. The van der Waals surface area contributed by atoms with Gasteiger partial charge in [-0.05, 0) is 44.1 Å². The van der Waals surface area contributed by atoms with Crippen LogP contribution in [0.4, 0.5) is 0 Å². The summed E-state index contributed by atoms with van der Waals surface area (Å²) in [5, 5.41) is 28.9. The Labute approximate surface area is 113 Å². The molecule has 0 radical (unpaired) electrons. The lowest BCUT2D eigenvalue weighted by molar-refractivity contribution is -0.132. The van der Waals surface area contributed by atoms with Crippen LogP contribution in [0.2, 0.25) is 0 Å². The quantitative estimate of drug-likeness (QED) is 0.527. The van der Waals surface area contributed by atoms with Crippen molar-refractivity contribution in [3.8, 4) is 0 Å². The normalized spacial score (nSPS) is 37.4. The van der Waals surface area contributed by atoms with E-state index in [1.54, 1.807) is 6.92 Å². The number of carbonyl (C=O) groups is 1. The van der Waals surface area contributed by atoms with Crippen LogP contribution in [-0.2, 0) is 4.79 Å². The Morgan fingerprint density at radius 1 is 1.53 bits per heavy atom. The first-order chi connectivity index (χ1) is 8.90. The van der Waals surface area contributed by atoms with Crippen molar-refractivity contribution in [2.24, 2.45) is 11.3 Å². The van der Waals surface area contributed by atoms with Crippen molar-refractivity contribution in [1.82, 2.24) is 0 Å². The van der Waals surface area contributed by atoms with Crippen LogP contribution in [0, 0.1) is 11.3 Å². The largest absolute Gasteiger partial charge is 0.478 e. The molecule has 0 saturated heterocycles. The van der Waals surface area contributed by atoms with Crippen molar-refractivity contribution in [2.75, 3.05) is 6.61 Å². The van der Waals surface area contributed by atoms with Gasteiger partial charge < -0.3 is 15.3 Å². The number of aliphatic carboxylic acids is 1. The molecule has 3 atom stereocenters. The SMILES string of the molecule is CC(C(=O)O)=C1CCC2(C)C(O)CC(CO)=CCC12. The minimum Gasteiger partial charge on any atom is -0.478 e. The third-order valence-corrected chi connectivity index (χ3v) is 5.01. The van der Waals surface area contributed by atoms with E-state index in [-0.39, 0.29) is 17.9 Å². The van der Waals surface area contributed by atoms with Gasteiger partial charge in [0, 0.05) is 11.0 Å². The lowest BCUT2D eigenvalue weighted by atomic mass is 9.72. The molecular weight excluding hydrogens is 244 g/mol. The third-order valence-electron chi connectivity index (χ3n) is 5.01. The molecule has 0 aromatic rings. The average Bonchev–Trinajstić information content (AvgIpc) is 2.65. The minimum absolute atomic E-state index is 0.0309. The van der Waals surface area contributed by atoms with Crippen LogP contribution in [0.1, 0.15) is 39.5 Å². The van der Waals surface area contributed by atoms with Crippen molar-refractivity contribution in [1.29, 1.82) is 0 Å². The van der Waals surface area contributed by atoms with E-state index in [1.165, 1.54) is 0 Å². The summed E-state index contributed by atoms with van der Waals surface area (Å²) in [6, 6.07) is 0. The Balaban J connectivity index is 2.41. The van der Waals surface area contributed by atoms with E-state index >= 15 is 0 Å². The molecule has 4 heteroatoms. The van der Waals surface area contributed by atoms with E-state index in [9.17, 15) is 20.1 Å². The Kier molecular flexibility index (Phi) is 3.83. The van der Waals surface area contributed by atoms with E-state index in [1.807, 2.05) is 13.0 Å². The van der Waals surface area contributed by atoms with Gasteiger partial charge in [-0.3, -0.25) is 0 Å². The van der Waals surface area contributed by atoms with Crippen LogP contribution in [0.5, 0.6) is 0 Å². The number of carboxylic acids is 1. The average molecular weight is 266 g/mol. The predicted octanol–water partition coefficient (Wildman–Crippen LogP) is 1.88. The lowest BCUT2D eigenvalue weighted by Gasteiger charge is -2.35. The van der Waals surface area contributed by atoms with E-state index < -0.39 is 12.1 Å². The molecule has 1 fully saturated rings. The summed E-state index contributed by atoms with van der Waals surface area (Å²) < 4.78 is 0. The number of carboxylic acid groups (broad SMARTS) is 1. The second-order valence-corrected chi connectivity index (χ2v) is 5.99. The second kappa shape index (κ2) is 5.10. The molecule has 0 aromatic carbocycles. The van der Waals surface area contributed by atoms with E-state index in [4.69, 9.17) is 0 Å². The summed E-state index contributed by atoms with van der Waals surface area (Å²) in [6.45, 7) is 3.66. The zero-order valence-electron chi connectivity index (χ0n) is 11.5. The molecule has 19 heavy (non-hydrogen) atoms. The summed E-state index contributed by atoms with van der Waals surface area (Å²) in [4.78, 5) is 11.2. The molecule has 2 aliphatic carbocycles. The van der Waals surface area contributed by atoms with Gasteiger partial charge in [0.05, 0.1) is 12.7 Å². The molecule has 2 aliphatic rings. The Morgan fingerprint density at radius 2 is 2.21 bits per heavy atom. The van der Waals surface area contributed by atoms with Gasteiger partial charge in [0.25, 0.3) is 0 Å². The Bertz CT molecular complexity index is 449. The summed E-state index contributed by atoms with van der Waals surface area (Å²) in [5.74, 6) is -0.799. The zero-order chi connectivity index (χ0) is 14.2. The summed E-state index contributed by atoms with van der Waals surface area (Å²) in [7, 11) is 0. The lowest BCUT2D eigenvalue weighted by Crippen LogP contribution is -2.35. The molecule has 0 aromatic heterocycles. The molecule has 0 spiro atoms. The van der Waals surface area contributed by atoms with Gasteiger partial charge in [0.15, 0.2) is 0 Å². The molecule has 0 bridgehead atoms. The van der Waals surface area contributed by atoms with Gasteiger partial charge in [0.2, 0.25) is 0 Å². The highest BCUT2D eigenvalue weighted by Gasteiger charge is 2.48. The van der Waals surface area contributed by atoms with Gasteiger partial charge in [-0.2, -0.15) is 0 Å². The molecule has 3 N–H and O–H groups in total. The molecular formula is C15H22O4. The number of aliphatic hydroxyl groups is 2. The first-order valence-electron chi connectivity index (χ1n) is 6.80. The maximum absolute atomic E-state index is 11.2. The standard InChI is InChI=1S/C15H22O4/c1-9(14(18)19)11-5-6-15(2)12(11)4-3-10(8-16)7-13(15)17/h3,12-13,16-17H,4-8H2,1-2H3,(H,18,19). The number of fused-ring (bicyclic) bond motifs is 1. The fourth-order valence-electron chi connectivity index (χ4n) is 3.53. The summed E-state index contributed by atoms with van der Waals surface area (Å²) in [6.07, 6.45) is 4.22. The highest BCUT2D eigenvalue weighted by molar-refractivity contribution is 5.87. The zero-order valence-corrected chi connectivity index (χ0v) is 11.5. The topological polar surface area (TPSA) is 77.8 Å². The number of aliphatic hydroxyl groups excluding tert-OH is 2. The van der Waals surface area contributed by atoms with Crippen molar-refractivity contribution in [2.45, 2.75) is 45.6 Å². The number of allylic oxidation sites excluding steroid dienone is 2. The molecule has 106 valence electrons. The monoisotopic (exact) mass is 266 g/mol. The summed E-state index contributed by atoms with van der Waals surface area (Å²) >= 11 is 0. The van der Waals surface area contributed by atoms with Crippen molar-refractivity contribution in [3.63, 3.8) is 0 Å². The van der Waals surface area contributed by atoms with Crippen molar-refractivity contribution in [3.05, 3.63) is 22.8 Å². The van der Waals surface area contributed by atoms with E-state index in [0.717, 1.165) is 24.0 Å². The van der Waals surface area contributed by atoms with Crippen LogP contribution >= 0.6 is 0 Å². The van der Waals surface area contributed by atoms with Gasteiger partial charge in [0.1, 0.15) is 0 Å². The van der Waals surface area contributed by atoms with E-state index in [0.29, 0.717) is 18.4 Å². The highest BCUT2D eigenvalue weighted by atomic mass is 16.4. The van der Waals surface area contributed by atoms with Crippen molar-refractivity contribution < 1.29 is 20.1 Å². The fourth-order valence-corrected chi connectivity index (χ4v) is 3.53.